The molecule has 0 saturated carbocycles. The van der Waals surface area contributed by atoms with Gasteiger partial charge in [-0.15, -0.1) is 0 Å². The third kappa shape index (κ3) is 2.38. The average Bonchev–Trinajstić information content (AvgIpc) is 2.30. The van der Waals surface area contributed by atoms with Crippen LogP contribution in [0, 0.1) is 5.92 Å². The molecule has 1 unspecified atom stereocenters. The van der Waals surface area contributed by atoms with E-state index in [-0.39, 0.29) is 6.61 Å². The van der Waals surface area contributed by atoms with Crippen LogP contribution in [0.2, 0.25) is 5.02 Å². The molecule has 1 aromatic rings. The van der Waals surface area contributed by atoms with Crippen LogP contribution in [0.5, 0.6) is 0 Å². The molecule has 0 aliphatic carbocycles. The average molecular weight is 228 g/mol. The van der Waals surface area contributed by atoms with Gasteiger partial charge in [0.15, 0.2) is 5.82 Å². The Morgan fingerprint density at radius 3 is 3.20 bits per heavy atom. The molecule has 5 heteroatoms. The van der Waals surface area contributed by atoms with E-state index >= 15 is 0 Å². The van der Waals surface area contributed by atoms with E-state index in [9.17, 15) is 0 Å². The van der Waals surface area contributed by atoms with E-state index in [1.54, 1.807) is 6.20 Å². The number of hydrogen-bond donors (Lipinski definition) is 1. The second-order valence-corrected chi connectivity index (χ2v) is 4.24. The SMILES string of the molecule is OCC1CCCN(c2ncncc2Cl)C1. The van der Waals surface area contributed by atoms with Crippen molar-refractivity contribution >= 4 is 17.4 Å². The Morgan fingerprint density at radius 1 is 1.60 bits per heavy atom. The molecule has 1 saturated heterocycles. The van der Waals surface area contributed by atoms with E-state index in [1.807, 2.05) is 0 Å². The predicted molar refractivity (Wildman–Crippen MR) is 59.1 cm³/mol. The van der Waals surface area contributed by atoms with Crippen LogP contribution in [-0.4, -0.2) is 34.8 Å². The Kier molecular flexibility index (Phi) is 3.38. The second-order valence-electron chi connectivity index (χ2n) is 3.83. The van der Waals surface area contributed by atoms with Gasteiger partial charge in [-0.1, -0.05) is 11.6 Å². The summed E-state index contributed by atoms with van der Waals surface area (Å²) in [5.74, 6) is 1.12. The Morgan fingerprint density at radius 2 is 2.47 bits per heavy atom. The lowest BCUT2D eigenvalue weighted by Gasteiger charge is -2.32. The van der Waals surface area contributed by atoms with Crippen LogP contribution in [0.1, 0.15) is 12.8 Å². The maximum atomic E-state index is 9.13. The summed E-state index contributed by atoms with van der Waals surface area (Å²) in [7, 11) is 0. The van der Waals surface area contributed by atoms with Crippen molar-refractivity contribution in [2.45, 2.75) is 12.8 Å². The first-order chi connectivity index (χ1) is 7.31. The van der Waals surface area contributed by atoms with E-state index in [4.69, 9.17) is 16.7 Å². The molecule has 0 radical (unpaired) electrons. The minimum Gasteiger partial charge on any atom is -0.396 e. The van der Waals surface area contributed by atoms with Crippen molar-refractivity contribution in [3.63, 3.8) is 0 Å². The number of halogens is 1. The fourth-order valence-corrected chi connectivity index (χ4v) is 2.17. The Labute approximate surface area is 93.9 Å². The molecule has 1 atom stereocenters. The molecule has 2 rings (SSSR count). The highest BCUT2D eigenvalue weighted by Gasteiger charge is 2.21. The molecule has 0 bridgehead atoms. The molecular weight excluding hydrogens is 214 g/mol. The van der Waals surface area contributed by atoms with Crippen LogP contribution < -0.4 is 4.90 Å². The summed E-state index contributed by atoms with van der Waals surface area (Å²) >= 11 is 6.02. The van der Waals surface area contributed by atoms with Crippen molar-refractivity contribution in [3.8, 4) is 0 Å². The molecule has 1 aliphatic heterocycles. The maximum absolute atomic E-state index is 9.13. The normalized spacial score (nSPS) is 21.7. The van der Waals surface area contributed by atoms with Gasteiger partial charge in [0.1, 0.15) is 11.3 Å². The van der Waals surface area contributed by atoms with E-state index in [0.29, 0.717) is 10.9 Å². The van der Waals surface area contributed by atoms with Crippen molar-refractivity contribution in [2.24, 2.45) is 5.92 Å². The van der Waals surface area contributed by atoms with Crippen molar-refractivity contribution in [3.05, 3.63) is 17.5 Å². The quantitative estimate of drug-likeness (QED) is 0.829. The molecule has 1 aromatic heterocycles. The number of nitrogens with zero attached hydrogens (tertiary/aromatic N) is 3. The first kappa shape index (κ1) is 10.6. The Bertz CT molecular complexity index is 334. The topological polar surface area (TPSA) is 49.2 Å². The lowest BCUT2D eigenvalue weighted by molar-refractivity contribution is 0.208. The zero-order chi connectivity index (χ0) is 10.7. The van der Waals surface area contributed by atoms with Crippen LogP contribution in [0.3, 0.4) is 0 Å². The van der Waals surface area contributed by atoms with E-state index < -0.39 is 0 Å². The Hall–Kier alpha value is -0.870. The summed E-state index contributed by atoms with van der Waals surface area (Å²) in [6.07, 6.45) is 5.26. The molecule has 4 nitrogen and oxygen atoms in total. The molecule has 15 heavy (non-hydrogen) atoms. The molecular formula is C10H14ClN3O. The Balaban J connectivity index is 2.13. The molecule has 1 aliphatic rings. The van der Waals surface area contributed by atoms with Gasteiger partial charge >= 0.3 is 0 Å². The van der Waals surface area contributed by atoms with Gasteiger partial charge in [-0.2, -0.15) is 0 Å². The van der Waals surface area contributed by atoms with Crippen LogP contribution in [0.4, 0.5) is 5.82 Å². The van der Waals surface area contributed by atoms with Crippen LogP contribution >= 0.6 is 11.6 Å². The van der Waals surface area contributed by atoms with E-state index in [0.717, 1.165) is 31.7 Å². The van der Waals surface area contributed by atoms with Gasteiger partial charge in [-0.05, 0) is 18.8 Å². The second kappa shape index (κ2) is 4.77. The summed E-state index contributed by atoms with van der Waals surface area (Å²) in [6.45, 7) is 2.01. The van der Waals surface area contributed by atoms with Crippen LogP contribution in [-0.2, 0) is 0 Å². The largest absolute Gasteiger partial charge is 0.396 e. The number of piperidine rings is 1. The predicted octanol–water partition coefficient (Wildman–Crippen LogP) is 1.34. The van der Waals surface area contributed by atoms with Crippen LogP contribution in [0.15, 0.2) is 12.5 Å². The summed E-state index contributed by atoms with van der Waals surface area (Å²) in [6, 6.07) is 0. The number of anilines is 1. The van der Waals surface area contributed by atoms with Gasteiger partial charge < -0.3 is 10.0 Å². The highest BCUT2D eigenvalue weighted by atomic mass is 35.5. The minimum atomic E-state index is 0.235. The van der Waals surface area contributed by atoms with Crippen molar-refractivity contribution in [2.75, 3.05) is 24.6 Å². The van der Waals surface area contributed by atoms with Gasteiger partial charge in [-0.25, -0.2) is 9.97 Å². The van der Waals surface area contributed by atoms with Crippen molar-refractivity contribution in [1.82, 2.24) is 9.97 Å². The molecule has 82 valence electrons. The molecule has 0 spiro atoms. The lowest BCUT2D eigenvalue weighted by atomic mass is 9.99. The zero-order valence-corrected chi connectivity index (χ0v) is 9.19. The summed E-state index contributed by atoms with van der Waals surface area (Å²) in [5, 5.41) is 9.71. The monoisotopic (exact) mass is 227 g/mol. The lowest BCUT2D eigenvalue weighted by Crippen LogP contribution is -2.37. The van der Waals surface area contributed by atoms with Gasteiger partial charge in [-0.3, -0.25) is 0 Å². The van der Waals surface area contributed by atoms with Gasteiger partial charge in [0.2, 0.25) is 0 Å². The first-order valence-electron chi connectivity index (χ1n) is 5.12. The summed E-state index contributed by atoms with van der Waals surface area (Å²) < 4.78 is 0. The fraction of sp³-hybridized carbons (Fsp3) is 0.600. The van der Waals surface area contributed by atoms with E-state index in [2.05, 4.69) is 14.9 Å². The summed E-state index contributed by atoms with van der Waals surface area (Å²) in [5.41, 5.74) is 0. The minimum absolute atomic E-state index is 0.235. The number of aliphatic hydroxyl groups excluding tert-OH is 1. The third-order valence-corrected chi connectivity index (χ3v) is 2.99. The maximum Gasteiger partial charge on any atom is 0.150 e. The molecule has 1 N–H and O–H groups in total. The molecule has 0 aromatic carbocycles. The van der Waals surface area contributed by atoms with Gasteiger partial charge in [0.25, 0.3) is 0 Å². The smallest absolute Gasteiger partial charge is 0.150 e. The van der Waals surface area contributed by atoms with Crippen molar-refractivity contribution in [1.29, 1.82) is 0 Å². The zero-order valence-electron chi connectivity index (χ0n) is 8.43. The van der Waals surface area contributed by atoms with Crippen molar-refractivity contribution < 1.29 is 5.11 Å². The van der Waals surface area contributed by atoms with E-state index in [1.165, 1.54) is 6.33 Å². The molecule has 0 amide bonds. The molecule has 2 heterocycles. The first-order valence-corrected chi connectivity index (χ1v) is 5.50. The number of hydrogen-bond acceptors (Lipinski definition) is 4. The van der Waals surface area contributed by atoms with Gasteiger partial charge in [0.05, 0.1) is 6.20 Å². The van der Waals surface area contributed by atoms with Crippen LogP contribution in [0.25, 0.3) is 0 Å². The van der Waals surface area contributed by atoms with Gasteiger partial charge in [0, 0.05) is 19.7 Å². The number of aliphatic hydroxyl groups is 1. The highest BCUT2D eigenvalue weighted by molar-refractivity contribution is 6.32. The number of aromatic nitrogens is 2. The molecule has 1 fully saturated rings. The fourth-order valence-electron chi connectivity index (χ4n) is 1.95. The third-order valence-electron chi connectivity index (χ3n) is 2.72. The summed E-state index contributed by atoms with van der Waals surface area (Å²) in [4.78, 5) is 10.2. The number of rotatable bonds is 2. The standard InChI is InChI=1S/C10H14ClN3O/c11-9-4-12-7-13-10(9)14-3-1-2-8(5-14)6-15/h4,7-8,15H,1-3,5-6H2. The highest BCUT2D eigenvalue weighted by Crippen LogP contribution is 2.26.